The Bertz CT molecular complexity index is 1720. The number of aromatic nitrogens is 2. The number of carbonyl (C=O) groups excluding carboxylic acids is 1. The van der Waals surface area contributed by atoms with Gasteiger partial charge in [0.1, 0.15) is 35.8 Å². The lowest BCUT2D eigenvalue weighted by Crippen LogP contribution is -2.31. The van der Waals surface area contributed by atoms with Crippen molar-refractivity contribution in [2.24, 2.45) is 0 Å². The van der Waals surface area contributed by atoms with Crippen LogP contribution < -0.4 is 9.47 Å². The van der Waals surface area contributed by atoms with E-state index in [-0.39, 0.29) is 12.7 Å². The molecule has 0 saturated carbocycles. The topological polar surface area (TPSA) is 79.9 Å². The second-order valence-electron chi connectivity index (χ2n) is 10.8. The number of fused-ring (bicyclic) bond motifs is 2. The fourth-order valence-electron chi connectivity index (χ4n) is 5.35. The van der Waals surface area contributed by atoms with E-state index in [0.29, 0.717) is 35.9 Å². The van der Waals surface area contributed by atoms with Gasteiger partial charge in [0, 0.05) is 31.3 Å². The Labute approximate surface area is 249 Å². The van der Waals surface area contributed by atoms with Crippen molar-refractivity contribution in [1.29, 1.82) is 0 Å². The molecule has 0 bridgehead atoms. The minimum atomic E-state index is -0.739. The standard InChI is InChI=1S/C34H33FN4O4/c1-38(2)16-17-42-26-13-10-22(11-14-26)23-8-9-24-20-39(34(40)27(24)18-23)32(33-36-29-6-4-5-7-30(29)37-33)28-19-25(35)12-15-31(28)43-21-41-3/h4-15,18-19,32H,16-17,20-21H2,1-3H3,(H,36,37). The van der Waals surface area contributed by atoms with E-state index in [1.165, 1.54) is 19.2 Å². The van der Waals surface area contributed by atoms with Crippen molar-refractivity contribution in [3.05, 3.63) is 113 Å². The van der Waals surface area contributed by atoms with Crippen LogP contribution in [0.1, 0.15) is 33.4 Å². The van der Waals surface area contributed by atoms with Gasteiger partial charge in [0.15, 0.2) is 6.79 Å². The average molecular weight is 581 g/mol. The van der Waals surface area contributed by atoms with Crippen molar-refractivity contribution >= 4 is 16.9 Å². The molecular weight excluding hydrogens is 547 g/mol. The summed E-state index contributed by atoms with van der Waals surface area (Å²) in [6, 6.07) is 24.9. The van der Waals surface area contributed by atoms with Crippen molar-refractivity contribution in [1.82, 2.24) is 19.8 Å². The Balaban J connectivity index is 1.34. The number of methoxy groups -OCH3 is 1. The molecule has 0 aliphatic carbocycles. The molecular formula is C34H33FN4O4. The SMILES string of the molecule is COCOc1ccc(F)cc1C(c1nc2ccccc2[nH]1)N1Cc2ccc(-c3ccc(OCCN(C)C)cc3)cc2C1=O. The monoisotopic (exact) mass is 580 g/mol. The van der Waals surface area contributed by atoms with Crippen molar-refractivity contribution in [3.8, 4) is 22.6 Å². The number of hydrogen-bond acceptors (Lipinski definition) is 6. The van der Waals surface area contributed by atoms with Crippen LogP contribution in [0.5, 0.6) is 11.5 Å². The van der Waals surface area contributed by atoms with Gasteiger partial charge in [0.05, 0.1) is 11.0 Å². The summed E-state index contributed by atoms with van der Waals surface area (Å²) in [6.07, 6.45) is 0. The quantitative estimate of drug-likeness (QED) is 0.192. The van der Waals surface area contributed by atoms with Crippen LogP contribution in [0.4, 0.5) is 4.39 Å². The molecule has 1 aromatic heterocycles. The predicted octanol–water partition coefficient (Wildman–Crippen LogP) is 6.04. The number of para-hydroxylation sites is 2. The number of imidazole rings is 1. The lowest BCUT2D eigenvalue weighted by molar-refractivity contribution is 0.0487. The van der Waals surface area contributed by atoms with Gasteiger partial charge < -0.3 is 29.0 Å². The van der Waals surface area contributed by atoms with Crippen LogP contribution in [0, 0.1) is 5.82 Å². The molecule has 4 aromatic carbocycles. The number of nitrogens with one attached hydrogen (secondary N) is 1. The van der Waals surface area contributed by atoms with Gasteiger partial charge in [0.25, 0.3) is 5.91 Å². The fraction of sp³-hybridized carbons (Fsp3) is 0.235. The molecule has 2 heterocycles. The number of H-pyrrole nitrogens is 1. The highest BCUT2D eigenvalue weighted by Crippen LogP contribution is 2.40. The molecule has 1 N–H and O–H groups in total. The highest BCUT2D eigenvalue weighted by atomic mass is 19.1. The summed E-state index contributed by atoms with van der Waals surface area (Å²) >= 11 is 0. The number of ether oxygens (including phenoxy) is 3. The van der Waals surface area contributed by atoms with E-state index in [1.54, 1.807) is 11.0 Å². The van der Waals surface area contributed by atoms with Gasteiger partial charge in [-0.3, -0.25) is 4.79 Å². The van der Waals surface area contributed by atoms with Crippen LogP contribution in [0.2, 0.25) is 0 Å². The highest BCUT2D eigenvalue weighted by molar-refractivity contribution is 6.00. The molecule has 5 aromatic rings. The molecule has 0 spiro atoms. The molecule has 0 radical (unpaired) electrons. The number of hydrogen-bond donors (Lipinski definition) is 1. The smallest absolute Gasteiger partial charge is 0.255 e. The third kappa shape index (κ3) is 5.95. The molecule has 1 unspecified atom stereocenters. The third-order valence-corrected chi connectivity index (χ3v) is 7.51. The minimum Gasteiger partial charge on any atom is -0.492 e. The minimum absolute atomic E-state index is 0.0253. The second kappa shape index (κ2) is 12.2. The van der Waals surface area contributed by atoms with Crippen LogP contribution >= 0.6 is 0 Å². The number of carbonyl (C=O) groups is 1. The average Bonchev–Trinajstić information content (AvgIpc) is 3.58. The van der Waals surface area contributed by atoms with Gasteiger partial charge >= 0.3 is 0 Å². The number of nitrogens with zero attached hydrogens (tertiary/aromatic N) is 3. The lowest BCUT2D eigenvalue weighted by Gasteiger charge is -2.28. The second-order valence-corrected chi connectivity index (χ2v) is 10.8. The zero-order chi connectivity index (χ0) is 29.9. The summed E-state index contributed by atoms with van der Waals surface area (Å²) in [4.78, 5) is 26.1. The Morgan fingerprint density at radius 1 is 0.977 bits per heavy atom. The summed E-state index contributed by atoms with van der Waals surface area (Å²) in [5.74, 6) is 1.10. The number of amides is 1. The maximum Gasteiger partial charge on any atom is 0.255 e. The van der Waals surface area contributed by atoms with Gasteiger partial charge in [-0.25, -0.2) is 9.37 Å². The van der Waals surface area contributed by atoms with E-state index >= 15 is 0 Å². The van der Waals surface area contributed by atoms with Gasteiger partial charge in [-0.2, -0.15) is 0 Å². The van der Waals surface area contributed by atoms with E-state index in [1.807, 2.05) is 80.8 Å². The predicted molar refractivity (Wildman–Crippen MR) is 163 cm³/mol. The molecule has 0 saturated heterocycles. The number of benzene rings is 4. The summed E-state index contributed by atoms with van der Waals surface area (Å²) in [5, 5.41) is 0. The Kier molecular flexibility index (Phi) is 8.09. The van der Waals surface area contributed by atoms with Crippen molar-refractivity contribution in [2.75, 3.05) is 41.1 Å². The summed E-state index contributed by atoms with van der Waals surface area (Å²) in [7, 11) is 5.53. The molecule has 1 atom stereocenters. The number of rotatable bonds is 11. The Morgan fingerprint density at radius 2 is 1.77 bits per heavy atom. The van der Waals surface area contributed by atoms with Crippen LogP contribution in [0.15, 0.2) is 84.9 Å². The first-order valence-corrected chi connectivity index (χ1v) is 14.1. The first-order valence-electron chi connectivity index (χ1n) is 14.1. The summed E-state index contributed by atoms with van der Waals surface area (Å²) in [6.45, 7) is 1.73. The first-order chi connectivity index (χ1) is 20.9. The van der Waals surface area contributed by atoms with Gasteiger partial charge in [-0.15, -0.1) is 0 Å². The van der Waals surface area contributed by atoms with Crippen LogP contribution in [-0.2, 0) is 11.3 Å². The van der Waals surface area contributed by atoms with Crippen molar-refractivity contribution in [2.45, 2.75) is 12.6 Å². The van der Waals surface area contributed by atoms with E-state index in [9.17, 15) is 9.18 Å². The van der Waals surface area contributed by atoms with Crippen LogP contribution in [0.25, 0.3) is 22.2 Å². The van der Waals surface area contributed by atoms with Gasteiger partial charge in [-0.1, -0.05) is 36.4 Å². The van der Waals surface area contributed by atoms with E-state index in [0.717, 1.165) is 40.0 Å². The normalized spacial score (nSPS) is 13.5. The van der Waals surface area contributed by atoms with E-state index in [4.69, 9.17) is 19.2 Å². The van der Waals surface area contributed by atoms with Gasteiger partial charge in [0.2, 0.25) is 0 Å². The number of aromatic amines is 1. The largest absolute Gasteiger partial charge is 0.492 e. The zero-order valence-corrected chi connectivity index (χ0v) is 24.3. The molecule has 1 aliphatic heterocycles. The van der Waals surface area contributed by atoms with Crippen molar-refractivity contribution in [3.63, 3.8) is 0 Å². The summed E-state index contributed by atoms with van der Waals surface area (Å²) < 4.78 is 31.5. The number of halogens is 1. The maximum absolute atomic E-state index is 14.7. The van der Waals surface area contributed by atoms with E-state index in [2.05, 4.69) is 9.88 Å². The molecule has 1 amide bonds. The molecule has 9 heteroatoms. The first kappa shape index (κ1) is 28.4. The zero-order valence-electron chi connectivity index (χ0n) is 24.3. The molecule has 220 valence electrons. The molecule has 43 heavy (non-hydrogen) atoms. The van der Waals surface area contributed by atoms with E-state index < -0.39 is 11.9 Å². The Morgan fingerprint density at radius 3 is 2.53 bits per heavy atom. The van der Waals surface area contributed by atoms with Crippen molar-refractivity contribution < 1.29 is 23.4 Å². The summed E-state index contributed by atoms with van der Waals surface area (Å²) in [5.41, 5.74) is 5.42. The molecule has 8 nitrogen and oxygen atoms in total. The van der Waals surface area contributed by atoms with Gasteiger partial charge in [-0.05, 0) is 79.3 Å². The number of likely N-dealkylation sites (N-methyl/N-ethyl adjacent to an activating group) is 1. The molecule has 0 fully saturated rings. The molecule has 1 aliphatic rings. The third-order valence-electron chi connectivity index (χ3n) is 7.51. The lowest BCUT2D eigenvalue weighted by atomic mass is 10.0. The molecule has 6 rings (SSSR count). The van der Waals surface area contributed by atoms with Crippen LogP contribution in [-0.4, -0.2) is 66.8 Å². The van der Waals surface area contributed by atoms with Crippen LogP contribution in [0.3, 0.4) is 0 Å². The highest BCUT2D eigenvalue weighted by Gasteiger charge is 2.38. The maximum atomic E-state index is 14.7. The Hall–Kier alpha value is -4.73. The fourth-order valence-corrected chi connectivity index (χ4v) is 5.35.